The van der Waals surface area contributed by atoms with Gasteiger partial charge in [-0.1, -0.05) is 115 Å². The second kappa shape index (κ2) is 11.9. The smallest absolute Gasteiger partial charge is 0.240 e. The average molecular weight is 759 g/mol. The van der Waals surface area contributed by atoms with Crippen LogP contribution in [0.5, 0.6) is 0 Å². The molecule has 58 heavy (non-hydrogen) atoms. The second-order valence-corrected chi connectivity index (χ2v) is 15.9. The molecule has 0 spiro atoms. The normalized spacial score (nSPS) is 12.1. The molecular weight excluding hydrogens is 729 g/mol. The Morgan fingerprint density at radius 1 is 0.328 bits per heavy atom. The Hall–Kier alpha value is -7.61. The van der Waals surface area contributed by atoms with Crippen LogP contribution in [0.2, 0.25) is 0 Å². The molecule has 8 aromatic carbocycles. The van der Waals surface area contributed by atoms with Crippen molar-refractivity contribution in [3.63, 3.8) is 0 Å². The maximum atomic E-state index is 5.36. The molecule has 0 N–H and O–H groups in total. The summed E-state index contributed by atoms with van der Waals surface area (Å²) < 4.78 is 9.37. The third-order valence-corrected chi connectivity index (χ3v) is 12.9. The van der Waals surface area contributed by atoms with Crippen LogP contribution in [0.25, 0.3) is 115 Å². The molecule has 0 saturated carbocycles. The van der Waals surface area contributed by atoms with Gasteiger partial charge in [-0.2, -0.15) is 15.0 Å². The first-order chi connectivity index (χ1) is 28.8. The van der Waals surface area contributed by atoms with Crippen LogP contribution in [-0.4, -0.2) is 28.7 Å². The Labute approximate surface area is 335 Å². The van der Waals surface area contributed by atoms with Crippen LogP contribution in [0.3, 0.4) is 0 Å². The van der Waals surface area contributed by atoms with Crippen molar-refractivity contribution in [3.05, 3.63) is 182 Å². The first-order valence-corrected chi connectivity index (χ1v) is 20.3. The number of benzene rings is 8. The van der Waals surface area contributed by atoms with E-state index in [4.69, 9.17) is 15.0 Å². The summed E-state index contributed by atoms with van der Waals surface area (Å²) >= 11 is 1.85. The standard InChI is InChI=1S/C51H30N6S/c1-8-21-40-32(14-1)33-15-2-9-22-41(33)56(40)50-52-49(53-51(54-50)57-42-23-10-3-16-34(42)35-17-4-11-24-43(35)57)31-28-29-44-38(30-31)36-18-5-7-20-39(36)55(44)45-25-13-27-47-48(45)37-19-6-12-26-46(37)58-47/h1-30H. The number of para-hydroxylation sites is 5. The van der Waals surface area contributed by atoms with Crippen molar-refractivity contribution in [1.82, 2.24) is 28.7 Å². The summed E-state index contributed by atoms with van der Waals surface area (Å²) in [5, 5.41) is 9.49. The Bertz CT molecular complexity index is 3590. The van der Waals surface area contributed by atoms with E-state index in [1.165, 1.54) is 31.2 Å². The van der Waals surface area contributed by atoms with Gasteiger partial charge in [0.15, 0.2) is 5.82 Å². The van der Waals surface area contributed by atoms with Gasteiger partial charge in [0, 0.05) is 58.1 Å². The van der Waals surface area contributed by atoms with Crippen molar-refractivity contribution in [1.29, 1.82) is 0 Å². The van der Waals surface area contributed by atoms with Crippen molar-refractivity contribution in [3.8, 4) is 29.0 Å². The number of thiophene rings is 1. The Kier molecular flexibility index (Phi) is 6.50. The lowest BCUT2D eigenvalue weighted by atomic mass is 10.1. The summed E-state index contributed by atoms with van der Waals surface area (Å²) in [7, 11) is 0. The SMILES string of the molecule is c1ccc2c(c1)sc1cccc(-n3c4ccccc4c4cc(-c5nc(-n6c7ccccc7c7ccccc76)nc(-n6c7ccccc7c7ccccc76)n5)ccc43)c12. The van der Waals surface area contributed by atoms with Gasteiger partial charge >= 0.3 is 0 Å². The zero-order chi connectivity index (χ0) is 37.9. The molecule has 0 saturated heterocycles. The molecule has 0 aliphatic rings. The van der Waals surface area contributed by atoms with Crippen LogP contribution >= 0.6 is 11.3 Å². The summed E-state index contributed by atoms with van der Waals surface area (Å²) in [6.07, 6.45) is 0. The summed E-state index contributed by atoms with van der Waals surface area (Å²) in [5.41, 5.74) is 8.56. The maximum Gasteiger partial charge on any atom is 0.240 e. The molecule has 270 valence electrons. The van der Waals surface area contributed by atoms with Gasteiger partial charge in [-0.05, 0) is 66.7 Å². The van der Waals surface area contributed by atoms with E-state index >= 15 is 0 Å². The summed E-state index contributed by atoms with van der Waals surface area (Å²) in [6, 6.07) is 64.8. The highest BCUT2D eigenvalue weighted by atomic mass is 32.1. The number of aromatic nitrogens is 6. The molecule has 0 amide bonds. The number of fused-ring (bicyclic) bond motifs is 12. The van der Waals surface area contributed by atoms with Gasteiger partial charge in [-0.25, -0.2) is 0 Å². The summed E-state index contributed by atoms with van der Waals surface area (Å²) in [6.45, 7) is 0. The van der Waals surface area contributed by atoms with Crippen molar-refractivity contribution >= 4 is 96.9 Å². The van der Waals surface area contributed by atoms with Crippen LogP contribution in [0.15, 0.2) is 182 Å². The minimum Gasteiger partial charge on any atom is -0.309 e. The average Bonchev–Trinajstić information content (AvgIpc) is 4.02. The summed E-state index contributed by atoms with van der Waals surface area (Å²) in [4.78, 5) is 16.1. The molecule has 0 aliphatic carbocycles. The molecular formula is C51H30N6S. The molecule has 0 radical (unpaired) electrons. The zero-order valence-corrected chi connectivity index (χ0v) is 31.7. The second-order valence-electron chi connectivity index (χ2n) is 14.8. The molecule has 0 bridgehead atoms. The minimum absolute atomic E-state index is 0.567. The highest BCUT2D eigenvalue weighted by Gasteiger charge is 2.22. The fraction of sp³-hybridized carbons (Fsp3) is 0. The van der Waals surface area contributed by atoms with Crippen molar-refractivity contribution in [2.24, 2.45) is 0 Å². The Morgan fingerprint density at radius 2 is 0.759 bits per heavy atom. The van der Waals surface area contributed by atoms with Gasteiger partial charge in [0.05, 0.1) is 38.8 Å². The highest BCUT2D eigenvalue weighted by Crippen LogP contribution is 2.42. The van der Waals surface area contributed by atoms with E-state index in [1.807, 2.05) is 11.3 Å². The van der Waals surface area contributed by atoms with Gasteiger partial charge in [-0.3, -0.25) is 9.13 Å². The molecule has 6 nitrogen and oxygen atoms in total. The van der Waals surface area contributed by atoms with E-state index < -0.39 is 0 Å². The molecule has 5 heterocycles. The van der Waals surface area contributed by atoms with Crippen molar-refractivity contribution in [2.45, 2.75) is 0 Å². The Morgan fingerprint density at radius 3 is 1.31 bits per heavy atom. The quantitative estimate of drug-likeness (QED) is 0.180. The monoisotopic (exact) mass is 758 g/mol. The van der Waals surface area contributed by atoms with E-state index in [9.17, 15) is 0 Å². The third-order valence-electron chi connectivity index (χ3n) is 11.7. The lowest BCUT2D eigenvalue weighted by molar-refractivity contribution is 0.893. The van der Waals surface area contributed by atoms with E-state index in [-0.39, 0.29) is 0 Å². The van der Waals surface area contributed by atoms with Gasteiger partial charge in [0.1, 0.15) is 0 Å². The van der Waals surface area contributed by atoms with E-state index in [0.717, 1.165) is 65.6 Å². The van der Waals surface area contributed by atoms with Crippen LogP contribution in [0.1, 0.15) is 0 Å². The van der Waals surface area contributed by atoms with Crippen molar-refractivity contribution in [2.75, 3.05) is 0 Å². The fourth-order valence-corrected chi connectivity index (χ4v) is 10.4. The number of hydrogen-bond donors (Lipinski definition) is 0. The predicted octanol–water partition coefficient (Wildman–Crippen LogP) is 13.2. The number of rotatable bonds is 4. The molecule has 0 fully saturated rings. The molecule has 13 rings (SSSR count). The first kappa shape index (κ1) is 31.6. The van der Waals surface area contributed by atoms with Crippen LogP contribution < -0.4 is 0 Å². The zero-order valence-electron chi connectivity index (χ0n) is 30.9. The van der Waals surface area contributed by atoms with Crippen LogP contribution in [-0.2, 0) is 0 Å². The first-order valence-electron chi connectivity index (χ1n) is 19.5. The molecule has 13 aromatic rings. The molecule has 0 unspecified atom stereocenters. The van der Waals surface area contributed by atoms with Gasteiger partial charge in [-0.15, -0.1) is 11.3 Å². The highest BCUT2D eigenvalue weighted by molar-refractivity contribution is 7.25. The fourth-order valence-electron chi connectivity index (χ4n) is 9.27. The summed E-state index contributed by atoms with van der Waals surface area (Å²) in [5.74, 6) is 1.74. The third kappa shape index (κ3) is 4.39. The lowest BCUT2D eigenvalue weighted by Crippen LogP contribution is -2.10. The van der Waals surface area contributed by atoms with Gasteiger partial charge in [0.2, 0.25) is 11.9 Å². The van der Waals surface area contributed by atoms with Crippen LogP contribution in [0, 0.1) is 0 Å². The molecule has 0 aliphatic heterocycles. The molecule has 7 heteroatoms. The van der Waals surface area contributed by atoms with E-state index in [1.54, 1.807) is 0 Å². The largest absolute Gasteiger partial charge is 0.309 e. The number of hydrogen-bond acceptors (Lipinski definition) is 4. The van der Waals surface area contributed by atoms with E-state index in [0.29, 0.717) is 17.7 Å². The van der Waals surface area contributed by atoms with Gasteiger partial charge < -0.3 is 4.57 Å². The lowest BCUT2D eigenvalue weighted by Gasteiger charge is -2.13. The van der Waals surface area contributed by atoms with Gasteiger partial charge in [0.25, 0.3) is 0 Å². The van der Waals surface area contributed by atoms with Crippen molar-refractivity contribution < 1.29 is 0 Å². The Balaban J connectivity index is 1.10. The maximum absolute atomic E-state index is 5.36. The number of nitrogens with zero attached hydrogens (tertiary/aromatic N) is 6. The van der Waals surface area contributed by atoms with Crippen LogP contribution in [0.4, 0.5) is 0 Å². The van der Waals surface area contributed by atoms with E-state index in [2.05, 4.69) is 196 Å². The molecule has 5 aromatic heterocycles. The molecule has 0 atom stereocenters. The topological polar surface area (TPSA) is 53.5 Å². The predicted molar refractivity (Wildman–Crippen MR) is 241 cm³/mol. The minimum atomic E-state index is 0.567.